The van der Waals surface area contributed by atoms with Gasteiger partial charge in [-0.3, -0.25) is 0 Å². The Balaban J connectivity index is 1.66. The Bertz CT molecular complexity index is 1230. The van der Waals surface area contributed by atoms with Gasteiger partial charge in [-0.05, 0) is 46.8 Å². The van der Waals surface area contributed by atoms with Crippen molar-refractivity contribution in [2.45, 2.75) is 53.6 Å². The smallest absolute Gasteiger partial charge is 0.217 e. The maximum atomic E-state index is 6.23. The molecule has 2 aliphatic rings. The lowest BCUT2D eigenvalue weighted by atomic mass is 9.88. The molecule has 0 bridgehead atoms. The van der Waals surface area contributed by atoms with Crippen molar-refractivity contribution < 1.29 is 9.47 Å². The first-order chi connectivity index (χ1) is 17.6. The van der Waals surface area contributed by atoms with Crippen LogP contribution in [0.25, 0.3) is 0 Å². The molecule has 0 saturated heterocycles. The minimum atomic E-state index is -0.926. The average Bonchev–Trinajstić information content (AvgIpc) is 3.56. The van der Waals surface area contributed by atoms with Crippen LogP contribution in [0.2, 0.25) is 0 Å². The lowest BCUT2D eigenvalue weighted by Crippen LogP contribution is -2.28. The minimum Gasteiger partial charge on any atom is -0.475 e. The molecule has 5 heteroatoms. The lowest BCUT2D eigenvalue weighted by Gasteiger charge is -2.24. The van der Waals surface area contributed by atoms with E-state index in [1.807, 2.05) is 0 Å². The predicted octanol–water partition coefficient (Wildman–Crippen LogP) is 5.83. The van der Waals surface area contributed by atoms with Crippen LogP contribution in [0, 0.1) is 10.8 Å². The minimum absolute atomic E-state index is 0.0506. The fraction of sp³-hybridized carbons (Fsp3) is 0.375. The summed E-state index contributed by atoms with van der Waals surface area (Å²) in [7, 11) is -0.926. The molecule has 5 rings (SSSR count). The summed E-state index contributed by atoms with van der Waals surface area (Å²) in [5.74, 6) is 1.50. The third kappa shape index (κ3) is 5.36. The van der Waals surface area contributed by atoms with Gasteiger partial charge in [-0.15, -0.1) is 0 Å². The van der Waals surface area contributed by atoms with Gasteiger partial charge in [0, 0.05) is 11.1 Å². The molecule has 37 heavy (non-hydrogen) atoms. The Labute approximate surface area is 222 Å². The molecule has 0 amide bonds. The van der Waals surface area contributed by atoms with Crippen molar-refractivity contribution >= 4 is 35.6 Å². The molecule has 0 unspecified atom stereocenters. The maximum Gasteiger partial charge on any atom is 0.217 e. The summed E-state index contributed by atoms with van der Waals surface area (Å²) in [4.78, 5) is 10.1. The standard InChI is InChI=1S/C32H37N2O2P/c1-31(2,3)27-20-35-29(33-27)23-16-10-12-18-25(23)37(22-14-8-7-9-15-22)26-19-13-11-17-24(26)30-34-28(21-36-30)32(4,5)6/h7-19,27-28H,20-21H2,1-6H3/t27-,28-/m0/s1. The van der Waals surface area contributed by atoms with Gasteiger partial charge in [-0.1, -0.05) is 108 Å². The fourth-order valence-corrected chi connectivity index (χ4v) is 7.19. The first-order valence-electron chi connectivity index (χ1n) is 13.1. The quantitative estimate of drug-likeness (QED) is 0.404. The zero-order chi connectivity index (χ0) is 26.2. The topological polar surface area (TPSA) is 43.2 Å². The predicted molar refractivity (Wildman–Crippen MR) is 157 cm³/mol. The van der Waals surface area contributed by atoms with Crippen LogP contribution >= 0.6 is 7.92 Å². The summed E-state index contributed by atoms with van der Waals surface area (Å²) in [6, 6.07) is 28.2. The molecule has 2 aliphatic heterocycles. The van der Waals surface area contributed by atoms with Gasteiger partial charge in [-0.25, -0.2) is 9.98 Å². The number of hydrogen-bond donors (Lipinski definition) is 0. The van der Waals surface area contributed by atoms with Gasteiger partial charge < -0.3 is 9.47 Å². The molecule has 0 saturated carbocycles. The molecule has 2 heterocycles. The summed E-state index contributed by atoms with van der Waals surface area (Å²) in [5.41, 5.74) is 2.24. The number of ether oxygens (including phenoxy) is 2. The van der Waals surface area contributed by atoms with Crippen molar-refractivity contribution in [1.29, 1.82) is 0 Å². The molecule has 4 nitrogen and oxygen atoms in total. The first-order valence-corrected chi connectivity index (χ1v) is 14.4. The Kier molecular flexibility index (Phi) is 6.98. The normalized spacial score (nSPS) is 19.9. The van der Waals surface area contributed by atoms with E-state index in [1.54, 1.807) is 0 Å². The van der Waals surface area contributed by atoms with E-state index < -0.39 is 7.92 Å². The Morgan fingerprint density at radius 1 is 0.595 bits per heavy atom. The van der Waals surface area contributed by atoms with Crippen LogP contribution in [-0.2, 0) is 9.47 Å². The molecule has 0 aliphatic carbocycles. The average molecular weight is 513 g/mol. The SMILES string of the molecule is CC(C)(C)[C@@H]1COC(c2ccccc2P(c2ccccc2)c2ccccc2C2=N[C@H](C(C)(C)C)CO2)=N1. The van der Waals surface area contributed by atoms with Crippen molar-refractivity contribution in [1.82, 2.24) is 0 Å². The fourth-order valence-electron chi connectivity index (χ4n) is 4.61. The van der Waals surface area contributed by atoms with Crippen LogP contribution in [0.15, 0.2) is 88.8 Å². The van der Waals surface area contributed by atoms with Crippen molar-refractivity contribution in [2.24, 2.45) is 20.8 Å². The van der Waals surface area contributed by atoms with E-state index in [1.165, 1.54) is 15.9 Å². The zero-order valence-electron chi connectivity index (χ0n) is 22.7. The lowest BCUT2D eigenvalue weighted by molar-refractivity contribution is 0.235. The highest BCUT2D eigenvalue weighted by Gasteiger charge is 2.35. The van der Waals surface area contributed by atoms with E-state index in [2.05, 4.69) is 120 Å². The molecule has 0 spiro atoms. The largest absolute Gasteiger partial charge is 0.475 e. The van der Waals surface area contributed by atoms with Gasteiger partial charge in [0.2, 0.25) is 11.8 Å². The van der Waals surface area contributed by atoms with Crippen molar-refractivity contribution in [3.05, 3.63) is 90.0 Å². The Hall–Kier alpha value is -2.97. The molecule has 3 aromatic carbocycles. The molecule has 192 valence electrons. The van der Waals surface area contributed by atoms with Crippen LogP contribution in [0.4, 0.5) is 0 Å². The number of benzene rings is 3. The molecular formula is C32H37N2O2P. The molecule has 0 aromatic heterocycles. The molecule has 0 fully saturated rings. The van der Waals surface area contributed by atoms with Crippen molar-refractivity contribution in [2.75, 3.05) is 13.2 Å². The van der Waals surface area contributed by atoms with Crippen LogP contribution < -0.4 is 15.9 Å². The summed E-state index contributed by atoms with van der Waals surface area (Å²) in [5, 5.41) is 3.74. The van der Waals surface area contributed by atoms with E-state index >= 15 is 0 Å². The summed E-state index contributed by atoms with van der Waals surface area (Å²) in [6.45, 7) is 14.6. The third-order valence-electron chi connectivity index (χ3n) is 7.07. The van der Waals surface area contributed by atoms with Gasteiger partial charge in [0.1, 0.15) is 13.2 Å². The van der Waals surface area contributed by atoms with Crippen molar-refractivity contribution in [3.63, 3.8) is 0 Å². The van der Waals surface area contributed by atoms with Crippen LogP contribution in [0.5, 0.6) is 0 Å². The molecule has 0 radical (unpaired) electrons. The number of nitrogens with zero attached hydrogens (tertiary/aromatic N) is 2. The highest BCUT2D eigenvalue weighted by molar-refractivity contribution is 7.80. The van der Waals surface area contributed by atoms with Crippen molar-refractivity contribution in [3.8, 4) is 0 Å². The Morgan fingerprint density at radius 2 is 1.00 bits per heavy atom. The molecule has 2 atom stereocenters. The second kappa shape index (κ2) is 10.1. The highest BCUT2D eigenvalue weighted by Crippen LogP contribution is 2.38. The van der Waals surface area contributed by atoms with E-state index in [-0.39, 0.29) is 22.9 Å². The zero-order valence-corrected chi connectivity index (χ0v) is 23.6. The van der Waals surface area contributed by atoms with Crippen LogP contribution in [0.1, 0.15) is 52.7 Å². The number of rotatable bonds is 5. The van der Waals surface area contributed by atoms with Gasteiger partial charge in [0.05, 0.1) is 12.1 Å². The van der Waals surface area contributed by atoms with E-state index in [4.69, 9.17) is 19.5 Å². The summed E-state index contributed by atoms with van der Waals surface area (Å²) >= 11 is 0. The Morgan fingerprint density at radius 3 is 1.41 bits per heavy atom. The van der Waals surface area contributed by atoms with Gasteiger partial charge >= 0.3 is 0 Å². The summed E-state index contributed by atoms with van der Waals surface area (Å²) in [6.07, 6.45) is 0. The third-order valence-corrected chi connectivity index (χ3v) is 9.62. The van der Waals surface area contributed by atoms with Gasteiger partial charge in [-0.2, -0.15) is 0 Å². The highest BCUT2D eigenvalue weighted by atomic mass is 31.1. The van der Waals surface area contributed by atoms with E-state index in [9.17, 15) is 0 Å². The van der Waals surface area contributed by atoms with E-state index in [0.29, 0.717) is 13.2 Å². The maximum absolute atomic E-state index is 6.23. The second-order valence-corrected chi connectivity index (χ2v) is 14.1. The van der Waals surface area contributed by atoms with Gasteiger partial charge in [0.25, 0.3) is 0 Å². The van der Waals surface area contributed by atoms with Crippen LogP contribution in [0.3, 0.4) is 0 Å². The van der Waals surface area contributed by atoms with Gasteiger partial charge in [0.15, 0.2) is 0 Å². The number of hydrogen-bond acceptors (Lipinski definition) is 4. The monoisotopic (exact) mass is 512 g/mol. The van der Waals surface area contributed by atoms with Crippen LogP contribution in [-0.4, -0.2) is 37.1 Å². The number of aliphatic imine (C=N–C) groups is 2. The second-order valence-electron chi connectivity index (χ2n) is 12.0. The molecule has 0 N–H and O–H groups in total. The summed E-state index contributed by atoms with van der Waals surface area (Å²) < 4.78 is 12.5. The first kappa shape index (κ1) is 25.7. The van der Waals surface area contributed by atoms with E-state index in [0.717, 1.165) is 22.9 Å². The molecular weight excluding hydrogens is 475 g/mol. The molecule has 3 aromatic rings.